The van der Waals surface area contributed by atoms with Gasteiger partial charge in [0.1, 0.15) is 5.75 Å². The van der Waals surface area contributed by atoms with Crippen LogP contribution < -0.4 is 10.1 Å². The van der Waals surface area contributed by atoms with Crippen LogP contribution in [0.5, 0.6) is 5.75 Å². The van der Waals surface area contributed by atoms with E-state index < -0.39 is 16.9 Å². The van der Waals surface area contributed by atoms with Gasteiger partial charge in [-0.2, -0.15) is 0 Å². The molecule has 2 aromatic rings. The van der Waals surface area contributed by atoms with Crippen LogP contribution >= 0.6 is 0 Å². The van der Waals surface area contributed by atoms with Crippen molar-refractivity contribution < 1.29 is 24.0 Å². The number of nitro groups is 1. The van der Waals surface area contributed by atoms with Gasteiger partial charge in [-0.05, 0) is 31.2 Å². The lowest BCUT2D eigenvalue weighted by molar-refractivity contribution is -0.384. The molecule has 1 unspecified atom stereocenters. The first kappa shape index (κ1) is 20.3. The zero-order chi connectivity index (χ0) is 20.8. The molecule has 3 rings (SSSR count). The second-order valence-corrected chi connectivity index (χ2v) is 6.45. The maximum Gasteiger partial charge on any atom is 0.269 e. The molecular weight excluding hydrogens is 378 g/mol. The molecule has 0 aromatic heterocycles. The quantitative estimate of drug-likeness (QED) is 0.590. The number of carbonyl (C=O) groups excluding carboxylic acids is 2. The molecule has 2 amide bonds. The fourth-order valence-electron chi connectivity index (χ4n) is 2.85. The van der Waals surface area contributed by atoms with Gasteiger partial charge in [0.25, 0.3) is 17.5 Å². The lowest BCUT2D eigenvalue weighted by Gasteiger charge is -2.27. The Labute approximate surface area is 167 Å². The van der Waals surface area contributed by atoms with E-state index in [-0.39, 0.29) is 11.6 Å². The number of hydrogen-bond acceptors (Lipinski definition) is 6. The number of hydrogen-bond donors (Lipinski definition) is 1. The first-order valence-corrected chi connectivity index (χ1v) is 9.13. The van der Waals surface area contributed by atoms with Crippen LogP contribution in [-0.2, 0) is 9.53 Å². The third-order valence-corrected chi connectivity index (χ3v) is 4.44. The first-order chi connectivity index (χ1) is 14.0. The monoisotopic (exact) mass is 399 g/mol. The molecule has 0 radical (unpaired) electrons. The fourth-order valence-corrected chi connectivity index (χ4v) is 2.85. The van der Waals surface area contributed by atoms with Gasteiger partial charge in [0, 0.05) is 25.2 Å². The number of carbonyl (C=O) groups is 2. The molecule has 0 aliphatic carbocycles. The molecule has 1 aliphatic heterocycles. The Bertz CT molecular complexity index is 893. The topological polar surface area (TPSA) is 111 Å². The van der Waals surface area contributed by atoms with E-state index in [2.05, 4.69) is 5.32 Å². The number of benzene rings is 2. The molecule has 152 valence electrons. The van der Waals surface area contributed by atoms with E-state index >= 15 is 0 Å². The van der Waals surface area contributed by atoms with Crippen LogP contribution in [0, 0.1) is 10.1 Å². The predicted octanol–water partition coefficient (Wildman–Crippen LogP) is 2.47. The molecule has 1 fully saturated rings. The summed E-state index contributed by atoms with van der Waals surface area (Å²) in [5.41, 5.74) is 0.725. The zero-order valence-electron chi connectivity index (χ0n) is 15.9. The largest absolute Gasteiger partial charge is 0.481 e. The van der Waals surface area contributed by atoms with Crippen molar-refractivity contribution in [2.75, 3.05) is 31.6 Å². The van der Waals surface area contributed by atoms with Crippen LogP contribution in [0.1, 0.15) is 17.3 Å². The molecule has 1 atom stereocenters. The number of amides is 2. The van der Waals surface area contributed by atoms with E-state index in [1.54, 1.807) is 36.1 Å². The Morgan fingerprint density at radius 1 is 1.14 bits per heavy atom. The van der Waals surface area contributed by atoms with Gasteiger partial charge in [-0.25, -0.2) is 0 Å². The molecule has 1 saturated heterocycles. The van der Waals surface area contributed by atoms with E-state index in [0.29, 0.717) is 43.3 Å². The second kappa shape index (κ2) is 9.16. The molecule has 1 heterocycles. The summed E-state index contributed by atoms with van der Waals surface area (Å²) < 4.78 is 10.8. The molecule has 0 saturated carbocycles. The number of morpholine rings is 1. The Morgan fingerprint density at radius 3 is 2.45 bits per heavy atom. The van der Waals surface area contributed by atoms with Crippen LogP contribution in [0.25, 0.3) is 0 Å². The standard InChI is InChI=1S/C20H21N3O6/c1-14(29-16-8-6-15(7-9-16)23(26)27)19(24)21-18-5-3-2-4-17(18)20(25)22-10-12-28-13-11-22/h2-9,14H,10-13H2,1H3,(H,21,24). The number of rotatable bonds is 6. The van der Waals surface area contributed by atoms with Gasteiger partial charge < -0.3 is 19.7 Å². The highest BCUT2D eigenvalue weighted by Crippen LogP contribution is 2.21. The number of nitrogens with zero attached hydrogens (tertiary/aromatic N) is 2. The van der Waals surface area contributed by atoms with Crippen molar-refractivity contribution in [1.29, 1.82) is 0 Å². The molecule has 0 spiro atoms. The number of nitro benzene ring substituents is 1. The van der Waals surface area contributed by atoms with E-state index in [0.717, 1.165) is 0 Å². The van der Waals surface area contributed by atoms with Gasteiger partial charge in [-0.1, -0.05) is 12.1 Å². The zero-order valence-corrected chi connectivity index (χ0v) is 15.9. The van der Waals surface area contributed by atoms with Crippen molar-refractivity contribution in [3.8, 4) is 5.75 Å². The number of anilines is 1. The molecule has 29 heavy (non-hydrogen) atoms. The maximum absolute atomic E-state index is 12.8. The highest BCUT2D eigenvalue weighted by molar-refractivity contribution is 6.04. The molecule has 1 N–H and O–H groups in total. The summed E-state index contributed by atoms with van der Waals surface area (Å²) in [5.74, 6) is -0.283. The van der Waals surface area contributed by atoms with Crippen molar-refractivity contribution in [2.45, 2.75) is 13.0 Å². The average Bonchev–Trinajstić information content (AvgIpc) is 2.74. The third kappa shape index (κ3) is 5.08. The molecule has 0 bridgehead atoms. The number of non-ortho nitro benzene ring substituents is 1. The van der Waals surface area contributed by atoms with E-state index in [9.17, 15) is 19.7 Å². The van der Waals surface area contributed by atoms with Crippen molar-refractivity contribution in [3.63, 3.8) is 0 Å². The predicted molar refractivity (Wildman–Crippen MR) is 105 cm³/mol. The Kier molecular flexibility index (Phi) is 6.40. The molecule has 9 heteroatoms. The van der Waals surface area contributed by atoms with Crippen LogP contribution in [0.3, 0.4) is 0 Å². The molecule has 1 aliphatic rings. The summed E-state index contributed by atoms with van der Waals surface area (Å²) in [6.07, 6.45) is -0.872. The van der Waals surface area contributed by atoms with Gasteiger partial charge in [-0.3, -0.25) is 19.7 Å². The molecular formula is C20H21N3O6. The SMILES string of the molecule is CC(Oc1ccc([N+](=O)[O-])cc1)C(=O)Nc1ccccc1C(=O)N1CCOCC1. The van der Waals surface area contributed by atoms with E-state index in [4.69, 9.17) is 9.47 Å². The van der Waals surface area contributed by atoms with Gasteiger partial charge in [0.15, 0.2) is 6.10 Å². The first-order valence-electron chi connectivity index (χ1n) is 9.13. The van der Waals surface area contributed by atoms with Crippen molar-refractivity contribution in [3.05, 3.63) is 64.2 Å². The van der Waals surface area contributed by atoms with Gasteiger partial charge >= 0.3 is 0 Å². The van der Waals surface area contributed by atoms with Crippen molar-refractivity contribution in [2.24, 2.45) is 0 Å². The summed E-state index contributed by atoms with van der Waals surface area (Å²) in [6.45, 7) is 3.53. The van der Waals surface area contributed by atoms with Crippen molar-refractivity contribution >= 4 is 23.2 Å². The minimum Gasteiger partial charge on any atom is -0.481 e. The van der Waals surface area contributed by atoms with Crippen LogP contribution in [0.4, 0.5) is 11.4 Å². The number of para-hydroxylation sites is 1. The van der Waals surface area contributed by atoms with Crippen LogP contribution in [0.15, 0.2) is 48.5 Å². The fraction of sp³-hybridized carbons (Fsp3) is 0.300. The normalized spacial score (nSPS) is 14.7. The minimum atomic E-state index is -0.872. The third-order valence-electron chi connectivity index (χ3n) is 4.44. The number of ether oxygens (including phenoxy) is 2. The smallest absolute Gasteiger partial charge is 0.269 e. The lowest BCUT2D eigenvalue weighted by Crippen LogP contribution is -2.41. The summed E-state index contributed by atoms with van der Waals surface area (Å²) in [4.78, 5) is 37.2. The van der Waals surface area contributed by atoms with Crippen LogP contribution in [0.2, 0.25) is 0 Å². The summed E-state index contributed by atoms with van der Waals surface area (Å²) in [6, 6.07) is 12.2. The van der Waals surface area contributed by atoms with Crippen molar-refractivity contribution in [1.82, 2.24) is 4.90 Å². The van der Waals surface area contributed by atoms with Gasteiger partial charge in [-0.15, -0.1) is 0 Å². The summed E-state index contributed by atoms with van der Waals surface area (Å²) in [7, 11) is 0. The second-order valence-electron chi connectivity index (χ2n) is 6.45. The Balaban J connectivity index is 1.66. The summed E-state index contributed by atoms with van der Waals surface area (Å²) >= 11 is 0. The Hall–Kier alpha value is -3.46. The lowest BCUT2D eigenvalue weighted by atomic mass is 10.1. The Morgan fingerprint density at radius 2 is 1.79 bits per heavy atom. The average molecular weight is 399 g/mol. The highest BCUT2D eigenvalue weighted by atomic mass is 16.6. The number of nitrogens with one attached hydrogen (secondary N) is 1. The van der Waals surface area contributed by atoms with Crippen LogP contribution in [-0.4, -0.2) is 54.0 Å². The van der Waals surface area contributed by atoms with Gasteiger partial charge in [0.05, 0.1) is 29.4 Å². The highest BCUT2D eigenvalue weighted by Gasteiger charge is 2.23. The molecule has 2 aromatic carbocycles. The maximum atomic E-state index is 12.8. The van der Waals surface area contributed by atoms with Gasteiger partial charge in [0.2, 0.25) is 0 Å². The summed E-state index contributed by atoms with van der Waals surface area (Å²) in [5, 5.41) is 13.4. The minimum absolute atomic E-state index is 0.0648. The van der Waals surface area contributed by atoms with E-state index in [1.165, 1.54) is 24.3 Å². The molecule has 9 nitrogen and oxygen atoms in total. The van der Waals surface area contributed by atoms with E-state index in [1.807, 2.05) is 0 Å².